The predicted molar refractivity (Wildman–Crippen MR) is 72.5 cm³/mol. The SMILES string of the molecule is CCN(CC1CC1)C(=O)c1ncccc1C#CCO. The summed E-state index contributed by atoms with van der Waals surface area (Å²) in [5.74, 6) is 5.93. The molecule has 0 unspecified atom stereocenters. The van der Waals surface area contributed by atoms with Crippen molar-refractivity contribution in [2.75, 3.05) is 19.7 Å². The number of carbonyl (C=O) groups excluding carboxylic acids is 1. The van der Waals surface area contributed by atoms with E-state index in [1.165, 1.54) is 12.8 Å². The Labute approximate surface area is 113 Å². The van der Waals surface area contributed by atoms with Crippen LogP contribution in [-0.2, 0) is 0 Å². The molecule has 0 aromatic carbocycles. The minimum atomic E-state index is -0.220. The van der Waals surface area contributed by atoms with Gasteiger partial charge in [-0.25, -0.2) is 4.98 Å². The monoisotopic (exact) mass is 258 g/mol. The zero-order valence-electron chi connectivity index (χ0n) is 11.1. The standard InChI is InChI=1S/C15H18N2O2/c1-2-17(11-12-7-8-12)15(19)14-13(6-4-10-18)5-3-9-16-14/h3,5,9,12,18H,2,7-8,10-11H2,1H3. The molecule has 1 heterocycles. The van der Waals surface area contributed by atoms with Gasteiger partial charge in [0.2, 0.25) is 0 Å². The Morgan fingerprint density at radius 3 is 3.00 bits per heavy atom. The van der Waals surface area contributed by atoms with Crippen LogP contribution in [-0.4, -0.2) is 40.6 Å². The summed E-state index contributed by atoms with van der Waals surface area (Å²) in [7, 11) is 0. The van der Waals surface area contributed by atoms with Crippen LogP contribution in [0.5, 0.6) is 0 Å². The largest absolute Gasteiger partial charge is 0.384 e. The van der Waals surface area contributed by atoms with Crippen molar-refractivity contribution in [3.63, 3.8) is 0 Å². The molecule has 0 atom stereocenters. The molecule has 100 valence electrons. The fraction of sp³-hybridized carbons (Fsp3) is 0.467. The molecule has 0 spiro atoms. The molecule has 0 bridgehead atoms. The molecule has 1 amide bonds. The average molecular weight is 258 g/mol. The van der Waals surface area contributed by atoms with Crippen LogP contribution in [0.3, 0.4) is 0 Å². The van der Waals surface area contributed by atoms with Gasteiger partial charge in [-0.3, -0.25) is 4.79 Å². The second-order valence-electron chi connectivity index (χ2n) is 4.65. The van der Waals surface area contributed by atoms with Gasteiger partial charge in [-0.15, -0.1) is 0 Å². The highest BCUT2D eigenvalue weighted by molar-refractivity contribution is 5.94. The van der Waals surface area contributed by atoms with Crippen LogP contribution in [0.4, 0.5) is 0 Å². The topological polar surface area (TPSA) is 53.4 Å². The van der Waals surface area contributed by atoms with E-state index in [1.807, 2.05) is 11.8 Å². The molecule has 0 aliphatic heterocycles. The van der Waals surface area contributed by atoms with Crippen molar-refractivity contribution in [3.05, 3.63) is 29.6 Å². The number of carbonyl (C=O) groups is 1. The van der Waals surface area contributed by atoms with Crippen molar-refractivity contribution in [2.45, 2.75) is 19.8 Å². The highest BCUT2D eigenvalue weighted by atomic mass is 16.2. The van der Waals surface area contributed by atoms with Gasteiger partial charge in [-0.2, -0.15) is 0 Å². The van der Waals surface area contributed by atoms with Crippen molar-refractivity contribution >= 4 is 5.91 Å². The maximum Gasteiger partial charge on any atom is 0.273 e. The Morgan fingerprint density at radius 1 is 1.58 bits per heavy atom. The number of amides is 1. The fourth-order valence-corrected chi connectivity index (χ4v) is 1.93. The number of aliphatic hydroxyl groups excluding tert-OH is 1. The quantitative estimate of drug-likeness (QED) is 0.828. The van der Waals surface area contributed by atoms with Gasteiger partial charge in [0.1, 0.15) is 12.3 Å². The lowest BCUT2D eigenvalue weighted by atomic mass is 10.1. The first-order valence-corrected chi connectivity index (χ1v) is 6.60. The zero-order chi connectivity index (χ0) is 13.7. The van der Waals surface area contributed by atoms with E-state index in [0.29, 0.717) is 23.7 Å². The van der Waals surface area contributed by atoms with E-state index in [4.69, 9.17) is 5.11 Å². The summed E-state index contributed by atoms with van der Waals surface area (Å²) in [6.07, 6.45) is 4.02. The molecule has 2 rings (SSSR count). The summed E-state index contributed by atoms with van der Waals surface area (Å²) in [5.41, 5.74) is 0.960. The normalized spacial score (nSPS) is 13.6. The number of nitrogens with zero attached hydrogens (tertiary/aromatic N) is 2. The van der Waals surface area contributed by atoms with Crippen molar-refractivity contribution in [3.8, 4) is 11.8 Å². The number of aromatic nitrogens is 1. The minimum Gasteiger partial charge on any atom is -0.384 e. The first-order valence-electron chi connectivity index (χ1n) is 6.60. The Hall–Kier alpha value is -1.86. The Kier molecular flexibility index (Phi) is 4.53. The molecule has 0 saturated heterocycles. The van der Waals surface area contributed by atoms with Gasteiger partial charge in [0.25, 0.3) is 5.91 Å². The first-order chi connectivity index (χ1) is 9.26. The van der Waals surface area contributed by atoms with Gasteiger partial charge in [0.15, 0.2) is 0 Å². The van der Waals surface area contributed by atoms with E-state index in [1.54, 1.807) is 18.3 Å². The summed E-state index contributed by atoms with van der Waals surface area (Å²) in [4.78, 5) is 18.4. The van der Waals surface area contributed by atoms with Gasteiger partial charge in [0, 0.05) is 19.3 Å². The van der Waals surface area contributed by atoms with Gasteiger partial charge in [0.05, 0.1) is 5.56 Å². The van der Waals surface area contributed by atoms with Gasteiger partial charge in [-0.05, 0) is 37.8 Å². The number of aliphatic hydroxyl groups is 1. The molecule has 1 fully saturated rings. The van der Waals surface area contributed by atoms with E-state index < -0.39 is 0 Å². The molecule has 4 nitrogen and oxygen atoms in total. The highest BCUT2D eigenvalue weighted by Gasteiger charge is 2.27. The van der Waals surface area contributed by atoms with Crippen molar-refractivity contribution in [1.82, 2.24) is 9.88 Å². The minimum absolute atomic E-state index is 0.0720. The summed E-state index contributed by atoms with van der Waals surface area (Å²) in [6.45, 7) is 3.24. The Bertz CT molecular complexity index is 512. The van der Waals surface area contributed by atoms with Crippen LogP contribution in [0.25, 0.3) is 0 Å². The van der Waals surface area contributed by atoms with E-state index in [0.717, 1.165) is 6.54 Å². The van der Waals surface area contributed by atoms with Crippen LogP contribution in [0.1, 0.15) is 35.8 Å². The van der Waals surface area contributed by atoms with E-state index in [9.17, 15) is 4.79 Å². The molecule has 1 N–H and O–H groups in total. The van der Waals surface area contributed by atoms with Crippen LogP contribution in [0.15, 0.2) is 18.3 Å². The van der Waals surface area contributed by atoms with Gasteiger partial charge >= 0.3 is 0 Å². The summed E-state index contributed by atoms with van der Waals surface area (Å²) >= 11 is 0. The number of hydrogen-bond donors (Lipinski definition) is 1. The van der Waals surface area contributed by atoms with Crippen LogP contribution in [0.2, 0.25) is 0 Å². The molecule has 1 aliphatic rings. The molecule has 1 aromatic heterocycles. The van der Waals surface area contributed by atoms with Crippen molar-refractivity contribution < 1.29 is 9.90 Å². The Balaban J connectivity index is 2.20. The lowest BCUT2D eigenvalue weighted by molar-refractivity contribution is 0.0750. The van der Waals surface area contributed by atoms with E-state index in [2.05, 4.69) is 16.8 Å². The van der Waals surface area contributed by atoms with Crippen molar-refractivity contribution in [1.29, 1.82) is 0 Å². The average Bonchev–Trinajstić information content (AvgIpc) is 3.26. The summed E-state index contributed by atoms with van der Waals surface area (Å²) in [5, 5.41) is 8.75. The molecule has 4 heteroatoms. The van der Waals surface area contributed by atoms with E-state index in [-0.39, 0.29) is 12.5 Å². The van der Waals surface area contributed by atoms with Gasteiger partial charge < -0.3 is 10.0 Å². The number of rotatable bonds is 4. The predicted octanol–water partition coefficient (Wildman–Crippen LogP) is 1.30. The lowest BCUT2D eigenvalue weighted by Gasteiger charge is -2.20. The molecular formula is C15H18N2O2. The second-order valence-corrected chi connectivity index (χ2v) is 4.65. The van der Waals surface area contributed by atoms with Crippen LogP contribution < -0.4 is 0 Å². The first kappa shape index (κ1) is 13.6. The number of hydrogen-bond acceptors (Lipinski definition) is 3. The van der Waals surface area contributed by atoms with Gasteiger partial charge in [-0.1, -0.05) is 11.8 Å². The third-order valence-corrected chi connectivity index (χ3v) is 3.16. The van der Waals surface area contributed by atoms with E-state index >= 15 is 0 Å². The second kappa shape index (κ2) is 6.35. The fourth-order valence-electron chi connectivity index (χ4n) is 1.93. The number of pyridine rings is 1. The smallest absolute Gasteiger partial charge is 0.273 e. The molecular weight excluding hydrogens is 240 g/mol. The lowest BCUT2D eigenvalue weighted by Crippen LogP contribution is -2.33. The summed E-state index contributed by atoms with van der Waals surface area (Å²) in [6, 6.07) is 3.50. The molecule has 1 saturated carbocycles. The third-order valence-electron chi connectivity index (χ3n) is 3.16. The maximum atomic E-state index is 12.5. The third kappa shape index (κ3) is 3.55. The van der Waals surface area contributed by atoms with Crippen LogP contribution >= 0.6 is 0 Å². The molecule has 0 radical (unpaired) electrons. The Morgan fingerprint density at radius 2 is 2.37 bits per heavy atom. The molecule has 1 aromatic rings. The molecule has 19 heavy (non-hydrogen) atoms. The summed E-state index contributed by atoms with van der Waals surface area (Å²) < 4.78 is 0. The highest BCUT2D eigenvalue weighted by Crippen LogP contribution is 2.30. The van der Waals surface area contributed by atoms with Crippen molar-refractivity contribution in [2.24, 2.45) is 5.92 Å². The maximum absolute atomic E-state index is 12.5. The zero-order valence-corrected chi connectivity index (χ0v) is 11.1. The molecule has 1 aliphatic carbocycles. The van der Waals surface area contributed by atoms with Crippen LogP contribution in [0, 0.1) is 17.8 Å².